The molecule has 1 aliphatic rings. The number of amides is 3. The summed E-state index contributed by atoms with van der Waals surface area (Å²) >= 11 is 0. The first-order valence-corrected chi connectivity index (χ1v) is 10.6. The highest BCUT2D eigenvalue weighted by Gasteiger charge is 2.26. The number of aromatic nitrogens is 1. The van der Waals surface area contributed by atoms with E-state index in [4.69, 9.17) is 11.6 Å². The van der Waals surface area contributed by atoms with Gasteiger partial charge in [-0.15, -0.1) is 0 Å². The Kier molecular flexibility index (Phi) is 5.36. The highest BCUT2D eigenvalue weighted by atomic mass is 19.1. The molecule has 0 fully saturated rings. The van der Waals surface area contributed by atoms with E-state index in [-0.39, 0.29) is 17.7 Å². The Hall–Kier alpha value is -3.62. The first kappa shape index (κ1) is 18.8. The van der Waals surface area contributed by atoms with Crippen molar-refractivity contribution in [2.75, 3.05) is 24.9 Å². The number of H-pyrrole nitrogens is 1. The molecule has 0 unspecified atom stereocenters. The van der Waals surface area contributed by atoms with Gasteiger partial charge in [-0.25, -0.2) is 9.18 Å². The minimum atomic E-state index is -3.17. The average molecular weight is 476 g/mol. The van der Waals surface area contributed by atoms with Gasteiger partial charge in [0.15, 0.2) is 0 Å². The molecule has 182 valence electrons. The third-order valence-electron chi connectivity index (χ3n) is 5.13. The summed E-state index contributed by atoms with van der Waals surface area (Å²) in [7, 11) is 0. The van der Waals surface area contributed by atoms with Crippen molar-refractivity contribution in [1.29, 1.82) is 0 Å². The predicted octanol–water partition coefficient (Wildman–Crippen LogP) is 4.25. The number of hydrogen-bond acceptors (Lipinski definition) is 4. The SMILES string of the molecule is [2H]C([2H])([2H])C([2H])([2H])N(CCNC(=O)c1c(C)[nH]c(/C=C2\C(=O)Nc3ccc(F)cc32)c1C)C(=O)OC(C)(C)C. The van der Waals surface area contributed by atoms with Crippen molar-refractivity contribution in [1.82, 2.24) is 15.2 Å². The lowest BCUT2D eigenvalue weighted by Gasteiger charge is -2.26. The molecule has 0 aliphatic carbocycles. The maximum absolute atomic E-state index is 13.8. The van der Waals surface area contributed by atoms with Crippen LogP contribution in [0.5, 0.6) is 0 Å². The van der Waals surface area contributed by atoms with Crippen LogP contribution < -0.4 is 10.6 Å². The molecule has 2 heterocycles. The van der Waals surface area contributed by atoms with Gasteiger partial charge in [-0.3, -0.25) is 9.59 Å². The molecule has 3 N–H and O–H groups in total. The third-order valence-corrected chi connectivity index (χ3v) is 5.13. The Morgan fingerprint density at radius 1 is 1.32 bits per heavy atom. The highest BCUT2D eigenvalue weighted by Crippen LogP contribution is 2.34. The molecule has 0 radical (unpaired) electrons. The van der Waals surface area contributed by atoms with Gasteiger partial charge in [0.05, 0.1) is 11.1 Å². The number of nitrogens with one attached hydrogen (secondary N) is 3. The summed E-state index contributed by atoms with van der Waals surface area (Å²) < 4.78 is 57.6. The Morgan fingerprint density at radius 3 is 2.74 bits per heavy atom. The molecule has 34 heavy (non-hydrogen) atoms. The van der Waals surface area contributed by atoms with E-state index >= 15 is 0 Å². The molecule has 2 aromatic rings. The monoisotopic (exact) mass is 475 g/mol. The van der Waals surface area contributed by atoms with Gasteiger partial charge in [-0.1, -0.05) is 0 Å². The largest absolute Gasteiger partial charge is 0.444 e. The van der Waals surface area contributed by atoms with E-state index in [0.29, 0.717) is 33.1 Å². The number of carbonyl (C=O) groups is 3. The van der Waals surface area contributed by atoms with Crippen LogP contribution in [0.3, 0.4) is 0 Å². The zero-order chi connectivity index (χ0) is 29.5. The van der Waals surface area contributed by atoms with Gasteiger partial charge in [0, 0.05) is 49.1 Å². The van der Waals surface area contributed by atoms with Gasteiger partial charge < -0.3 is 25.3 Å². The molecular weight excluding hydrogens is 439 g/mol. The summed E-state index contributed by atoms with van der Waals surface area (Å²) in [4.78, 5) is 41.6. The van der Waals surface area contributed by atoms with E-state index in [0.717, 1.165) is 0 Å². The fraction of sp³-hybridized carbons (Fsp3) is 0.400. The maximum atomic E-state index is 13.8. The number of benzene rings is 1. The number of carbonyl (C=O) groups excluding carboxylic acids is 3. The normalized spacial score (nSPS) is 17.1. The molecule has 1 aromatic carbocycles. The van der Waals surface area contributed by atoms with Crippen LogP contribution in [-0.2, 0) is 9.53 Å². The standard InChI is InChI=1S/C25H31FN4O4/c1-7-30(24(33)34-25(4,5)6)11-10-27-23(32)21-14(2)20(28-15(21)3)13-18-17-12-16(26)8-9-19(17)29-22(18)31/h8-9,12-13,28H,7,10-11H2,1-6H3,(H,27,32)(H,29,31)/b18-13-/i1D3,7D2. The van der Waals surface area contributed by atoms with E-state index in [1.165, 1.54) is 24.3 Å². The van der Waals surface area contributed by atoms with Crippen LogP contribution in [0.25, 0.3) is 11.6 Å². The summed E-state index contributed by atoms with van der Waals surface area (Å²) in [5, 5.41) is 5.25. The second-order valence-electron chi connectivity index (χ2n) is 8.87. The zero-order valence-electron chi connectivity index (χ0n) is 24.7. The Labute approximate surface area is 205 Å². The first-order valence-electron chi connectivity index (χ1n) is 13.1. The molecule has 3 rings (SSSR count). The fourth-order valence-corrected chi connectivity index (χ4v) is 3.59. The van der Waals surface area contributed by atoms with E-state index in [1.807, 2.05) is 0 Å². The van der Waals surface area contributed by atoms with E-state index in [9.17, 15) is 18.8 Å². The number of ether oxygens (including phenoxy) is 1. The van der Waals surface area contributed by atoms with E-state index in [2.05, 4.69) is 15.6 Å². The van der Waals surface area contributed by atoms with Gasteiger partial charge >= 0.3 is 6.09 Å². The maximum Gasteiger partial charge on any atom is 0.410 e. The molecular formula is C25H31FN4O4. The average Bonchev–Trinajstić information content (AvgIpc) is 3.23. The molecule has 0 saturated carbocycles. The first-order chi connectivity index (χ1) is 17.8. The summed E-state index contributed by atoms with van der Waals surface area (Å²) in [6, 6.07) is 3.94. The molecule has 0 atom stereocenters. The van der Waals surface area contributed by atoms with Crippen molar-refractivity contribution in [3.05, 3.63) is 52.1 Å². The van der Waals surface area contributed by atoms with Crippen LogP contribution in [-0.4, -0.2) is 53.0 Å². The number of nitrogens with zero attached hydrogens (tertiary/aromatic N) is 1. The quantitative estimate of drug-likeness (QED) is 0.544. The minimum absolute atomic E-state index is 0.223. The number of rotatable bonds is 6. The van der Waals surface area contributed by atoms with Gasteiger partial charge in [-0.2, -0.15) is 0 Å². The number of anilines is 1. The van der Waals surface area contributed by atoms with Crippen molar-refractivity contribution >= 4 is 35.2 Å². The molecule has 0 spiro atoms. The van der Waals surface area contributed by atoms with Crippen LogP contribution in [0, 0.1) is 19.7 Å². The Balaban J connectivity index is 1.81. The number of fused-ring (bicyclic) bond motifs is 1. The number of aromatic amines is 1. The van der Waals surface area contributed by atoms with Crippen LogP contribution in [0.2, 0.25) is 0 Å². The van der Waals surface area contributed by atoms with Crippen LogP contribution in [0.1, 0.15) is 67.3 Å². The predicted molar refractivity (Wildman–Crippen MR) is 129 cm³/mol. The van der Waals surface area contributed by atoms with Gasteiger partial charge in [0.2, 0.25) is 0 Å². The smallest absolute Gasteiger partial charge is 0.410 e. The van der Waals surface area contributed by atoms with Crippen LogP contribution in [0.4, 0.5) is 14.9 Å². The van der Waals surface area contributed by atoms with Gasteiger partial charge in [0.25, 0.3) is 11.8 Å². The van der Waals surface area contributed by atoms with Crippen molar-refractivity contribution < 1.29 is 30.4 Å². The minimum Gasteiger partial charge on any atom is -0.444 e. The molecule has 1 aromatic heterocycles. The van der Waals surface area contributed by atoms with Gasteiger partial charge in [-0.05, 0) is 71.3 Å². The third kappa shape index (κ3) is 5.47. The molecule has 0 saturated heterocycles. The van der Waals surface area contributed by atoms with Crippen LogP contribution >= 0.6 is 0 Å². The molecule has 3 amide bonds. The molecule has 9 heteroatoms. The lowest BCUT2D eigenvalue weighted by molar-refractivity contribution is -0.110. The molecule has 8 nitrogen and oxygen atoms in total. The molecule has 1 aliphatic heterocycles. The Morgan fingerprint density at radius 2 is 2.06 bits per heavy atom. The second-order valence-corrected chi connectivity index (χ2v) is 8.87. The Bertz CT molecular complexity index is 1350. The van der Waals surface area contributed by atoms with E-state index in [1.54, 1.807) is 34.6 Å². The van der Waals surface area contributed by atoms with Crippen molar-refractivity contribution in [3.63, 3.8) is 0 Å². The highest BCUT2D eigenvalue weighted by molar-refractivity contribution is 6.34. The van der Waals surface area contributed by atoms with Crippen molar-refractivity contribution in [3.8, 4) is 0 Å². The zero-order valence-corrected chi connectivity index (χ0v) is 19.7. The van der Waals surface area contributed by atoms with Crippen molar-refractivity contribution in [2.45, 2.75) is 47.1 Å². The summed E-state index contributed by atoms with van der Waals surface area (Å²) in [5.74, 6) is -1.48. The topological polar surface area (TPSA) is 104 Å². The van der Waals surface area contributed by atoms with Gasteiger partial charge in [0.1, 0.15) is 11.4 Å². The number of aryl methyl sites for hydroxylation is 1. The lowest BCUT2D eigenvalue weighted by atomic mass is 10.0. The number of halogens is 1. The molecule has 0 bridgehead atoms. The van der Waals surface area contributed by atoms with E-state index < -0.39 is 49.2 Å². The second kappa shape index (κ2) is 9.70. The van der Waals surface area contributed by atoms with Crippen LogP contribution in [0.15, 0.2) is 18.2 Å². The lowest BCUT2D eigenvalue weighted by Crippen LogP contribution is -2.41. The van der Waals surface area contributed by atoms with Crippen molar-refractivity contribution in [2.24, 2.45) is 0 Å². The summed E-state index contributed by atoms with van der Waals surface area (Å²) in [6.45, 7) is 1.00. The number of hydrogen-bond donors (Lipinski definition) is 3. The number of likely N-dealkylation sites (N-methyl/N-ethyl adjacent to an activating group) is 1. The summed E-state index contributed by atoms with van der Waals surface area (Å²) in [6.07, 6.45) is 0.349. The summed E-state index contributed by atoms with van der Waals surface area (Å²) in [5.41, 5.74) is 1.75. The fourth-order valence-electron chi connectivity index (χ4n) is 3.59.